The Morgan fingerprint density at radius 2 is 1.92 bits per heavy atom. The first kappa shape index (κ1) is 20.2. The molecule has 134 valence electrons. The van der Waals surface area contributed by atoms with Gasteiger partial charge in [-0.25, -0.2) is 9.18 Å². The van der Waals surface area contributed by atoms with Gasteiger partial charge in [-0.3, -0.25) is 0 Å². The van der Waals surface area contributed by atoms with Gasteiger partial charge in [0.1, 0.15) is 11.4 Å². The molecule has 0 spiro atoms. The van der Waals surface area contributed by atoms with Crippen LogP contribution in [0.2, 0.25) is 0 Å². The number of carbonyl (C=O) groups excluding carboxylic acids is 1. The first-order valence-electron chi connectivity index (χ1n) is 8.14. The summed E-state index contributed by atoms with van der Waals surface area (Å²) in [5.41, 5.74) is 0.476. The van der Waals surface area contributed by atoms with Crippen molar-refractivity contribution in [2.45, 2.75) is 38.7 Å². The van der Waals surface area contributed by atoms with Crippen LogP contribution in [0.4, 0.5) is 9.18 Å². The molecule has 4 nitrogen and oxygen atoms in total. The molecule has 24 heavy (non-hydrogen) atoms. The quantitative estimate of drug-likeness (QED) is 0.831. The van der Waals surface area contributed by atoms with Crippen molar-refractivity contribution in [3.63, 3.8) is 0 Å². The average molecular weight is 337 g/mol. The third kappa shape index (κ3) is 5.64. The van der Waals surface area contributed by atoms with Crippen LogP contribution in [0.3, 0.4) is 0 Å². The number of carbonyl (C=O) groups is 1. The standard InChI is InChI=1S/C17H24FNO3.C2H4/c1-17(2,3)22-16(21)19-9-8-15(13(10-19)11-20)12-4-6-14(18)7-5-12;1-2/h4-7,13,15,20H,8-11H2,1-3H3;1-2H2/t13-,15-;/m0./s1. The number of rotatable bonds is 2. The molecule has 5 heteroatoms. The Morgan fingerprint density at radius 1 is 1.33 bits per heavy atom. The Bertz CT molecular complexity index is 524. The minimum Gasteiger partial charge on any atom is -0.444 e. The zero-order valence-electron chi connectivity index (χ0n) is 14.8. The van der Waals surface area contributed by atoms with Gasteiger partial charge in [-0.1, -0.05) is 12.1 Å². The molecule has 1 saturated heterocycles. The maximum atomic E-state index is 13.0. The molecule has 0 aliphatic carbocycles. The van der Waals surface area contributed by atoms with Crippen LogP contribution < -0.4 is 0 Å². The summed E-state index contributed by atoms with van der Waals surface area (Å²) in [5.74, 6) is -0.202. The maximum absolute atomic E-state index is 13.0. The topological polar surface area (TPSA) is 49.8 Å². The van der Waals surface area contributed by atoms with Gasteiger partial charge < -0.3 is 14.7 Å². The van der Waals surface area contributed by atoms with Gasteiger partial charge in [0.15, 0.2) is 0 Å². The zero-order valence-corrected chi connectivity index (χ0v) is 14.8. The van der Waals surface area contributed by atoms with Crippen LogP contribution in [0.25, 0.3) is 0 Å². The molecule has 1 N–H and O–H groups in total. The van der Waals surface area contributed by atoms with E-state index in [1.807, 2.05) is 20.8 Å². The summed E-state index contributed by atoms with van der Waals surface area (Å²) in [6.45, 7) is 12.5. The van der Waals surface area contributed by atoms with E-state index < -0.39 is 5.60 Å². The molecule has 1 aromatic rings. The van der Waals surface area contributed by atoms with Crippen LogP contribution in [-0.2, 0) is 4.74 Å². The second kappa shape index (κ2) is 8.83. The minimum absolute atomic E-state index is 0.0126. The molecule has 2 rings (SSSR count). The molecule has 1 amide bonds. The van der Waals surface area contributed by atoms with Crippen molar-refractivity contribution in [2.24, 2.45) is 5.92 Å². The van der Waals surface area contributed by atoms with Crippen LogP contribution in [0.5, 0.6) is 0 Å². The number of hydrogen-bond donors (Lipinski definition) is 1. The van der Waals surface area contributed by atoms with Gasteiger partial charge in [0.2, 0.25) is 0 Å². The van der Waals surface area contributed by atoms with Gasteiger partial charge in [0, 0.05) is 25.6 Å². The van der Waals surface area contributed by atoms with Gasteiger partial charge in [-0.05, 0) is 50.8 Å². The molecule has 1 fully saturated rings. The van der Waals surface area contributed by atoms with E-state index in [0.29, 0.717) is 13.1 Å². The molecular weight excluding hydrogens is 309 g/mol. The summed E-state index contributed by atoms with van der Waals surface area (Å²) in [6.07, 6.45) is 0.388. The summed E-state index contributed by atoms with van der Waals surface area (Å²) < 4.78 is 18.4. The Kier molecular flexibility index (Phi) is 7.42. The molecule has 0 radical (unpaired) electrons. The second-order valence-corrected chi connectivity index (χ2v) is 6.82. The molecule has 0 aromatic heterocycles. The van der Waals surface area contributed by atoms with Crippen LogP contribution >= 0.6 is 0 Å². The van der Waals surface area contributed by atoms with Gasteiger partial charge in [0.05, 0.1) is 0 Å². The number of nitrogens with zero attached hydrogens (tertiary/aromatic N) is 1. The third-order valence-corrected chi connectivity index (χ3v) is 3.92. The van der Waals surface area contributed by atoms with Crippen LogP contribution in [-0.4, -0.2) is 41.4 Å². The first-order chi connectivity index (χ1) is 11.3. The molecule has 1 heterocycles. The van der Waals surface area contributed by atoms with Crippen molar-refractivity contribution in [1.82, 2.24) is 4.90 Å². The van der Waals surface area contributed by atoms with Gasteiger partial charge in [-0.15, -0.1) is 13.2 Å². The van der Waals surface area contributed by atoms with Crippen LogP contribution in [0, 0.1) is 11.7 Å². The van der Waals surface area contributed by atoms with E-state index in [0.717, 1.165) is 12.0 Å². The molecule has 0 bridgehead atoms. The number of hydrogen-bond acceptors (Lipinski definition) is 3. The van der Waals surface area contributed by atoms with E-state index in [1.165, 1.54) is 12.1 Å². The predicted molar refractivity (Wildman–Crippen MR) is 93.4 cm³/mol. The van der Waals surface area contributed by atoms with Gasteiger partial charge >= 0.3 is 6.09 Å². The van der Waals surface area contributed by atoms with Crippen molar-refractivity contribution >= 4 is 6.09 Å². The number of amides is 1. The predicted octanol–water partition coefficient (Wildman–Crippen LogP) is 3.96. The van der Waals surface area contributed by atoms with E-state index in [-0.39, 0.29) is 30.4 Å². The Balaban J connectivity index is 0.00000139. The normalized spacial score (nSPS) is 20.8. The van der Waals surface area contributed by atoms with Gasteiger partial charge in [-0.2, -0.15) is 0 Å². The number of aliphatic hydroxyl groups is 1. The van der Waals surface area contributed by atoms with E-state index in [1.54, 1.807) is 17.0 Å². The van der Waals surface area contributed by atoms with E-state index >= 15 is 0 Å². The third-order valence-electron chi connectivity index (χ3n) is 3.92. The molecule has 1 aromatic carbocycles. The highest BCUT2D eigenvalue weighted by Crippen LogP contribution is 2.33. The molecular formula is C19H28FNO3. The van der Waals surface area contributed by atoms with Crippen molar-refractivity contribution in [3.8, 4) is 0 Å². The lowest BCUT2D eigenvalue weighted by atomic mass is 9.81. The summed E-state index contributed by atoms with van der Waals surface area (Å²) in [4.78, 5) is 13.8. The molecule has 1 aliphatic rings. The monoisotopic (exact) mass is 337 g/mol. The number of halogens is 1. The fraction of sp³-hybridized carbons (Fsp3) is 0.526. The fourth-order valence-electron chi connectivity index (χ4n) is 2.86. The number of benzene rings is 1. The summed E-state index contributed by atoms with van der Waals surface area (Å²) in [7, 11) is 0. The summed E-state index contributed by atoms with van der Waals surface area (Å²) in [6, 6.07) is 6.38. The maximum Gasteiger partial charge on any atom is 0.410 e. The molecule has 0 saturated carbocycles. The summed E-state index contributed by atoms with van der Waals surface area (Å²) in [5, 5.41) is 9.66. The summed E-state index contributed by atoms with van der Waals surface area (Å²) >= 11 is 0. The number of piperidine rings is 1. The van der Waals surface area contributed by atoms with Crippen molar-refractivity contribution < 1.29 is 19.0 Å². The van der Waals surface area contributed by atoms with Crippen LogP contribution in [0.15, 0.2) is 37.4 Å². The highest BCUT2D eigenvalue weighted by atomic mass is 19.1. The van der Waals surface area contributed by atoms with E-state index in [2.05, 4.69) is 13.2 Å². The Labute approximate surface area is 143 Å². The van der Waals surface area contributed by atoms with Crippen molar-refractivity contribution in [3.05, 3.63) is 48.8 Å². The number of ether oxygens (including phenoxy) is 1. The SMILES string of the molecule is C=C.CC(C)(C)OC(=O)N1CC[C@@H](c2ccc(F)cc2)[C@H](CO)C1. The van der Waals surface area contributed by atoms with Crippen LogP contribution in [0.1, 0.15) is 38.7 Å². The van der Waals surface area contributed by atoms with Crippen molar-refractivity contribution in [1.29, 1.82) is 0 Å². The molecule has 0 unspecified atom stereocenters. The molecule has 1 aliphatic heterocycles. The van der Waals surface area contributed by atoms with Gasteiger partial charge in [0.25, 0.3) is 0 Å². The van der Waals surface area contributed by atoms with E-state index in [9.17, 15) is 14.3 Å². The highest BCUT2D eigenvalue weighted by molar-refractivity contribution is 5.68. The Hall–Kier alpha value is -1.88. The Morgan fingerprint density at radius 3 is 2.42 bits per heavy atom. The van der Waals surface area contributed by atoms with E-state index in [4.69, 9.17) is 4.74 Å². The average Bonchev–Trinajstić information content (AvgIpc) is 2.55. The zero-order chi connectivity index (χ0) is 18.3. The first-order valence-corrected chi connectivity index (χ1v) is 8.14. The largest absolute Gasteiger partial charge is 0.444 e. The lowest BCUT2D eigenvalue weighted by Gasteiger charge is -2.38. The minimum atomic E-state index is -0.528. The second-order valence-electron chi connectivity index (χ2n) is 6.82. The lowest BCUT2D eigenvalue weighted by molar-refractivity contribution is 0.0102. The number of likely N-dealkylation sites (tertiary alicyclic amines) is 1. The highest BCUT2D eigenvalue weighted by Gasteiger charge is 2.33. The lowest BCUT2D eigenvalue weighted by Crippen LogP contribution is -2.46. The molecule has 2 atom stereocenters. The fourth-order valence-corrected chi connectivity index (χ4v) is 2.86. The number of aliphatic hydroxyl groups excluding tert-OH is 1. The van der Waals surface area contributed by atoms with Crippen molar-refractivity contribution in [2.75, 3.05) is 19.7 Å². The smallest absolute Gasteiger partial charge is 0.410 e.